The number of aryl methyl sites for hydroxylation is 1. The van der Waals surface area contributed by atoms with E-state index in [1.165, 1.54) is 6.07 Å². The van der Waals surface area contributed by atoms with E-state index in [2.05, 4.69) is 15.5 Å². The van der Waals surface area contributed by atoms with E-state index >= 15 is 0 Å². The van der Waals surface area contributed by atoms with Crippen molar-refractivity contribution >= 4 is 12.4 Å². The Bertz CT molecular complexity index is 501. The van der Waals surface area contributed by atoms with Gasteiger partial charge in [-0.3, -0.25) is 0 Å². The maximum absolute atomic E-state index is 13.1. The van der Waals surface area contributed by atoms with Crippen LogP contribution < -0.4 is 5.32 Å². The summed E-state index contributed by atoms with van der Waals surface area (Å²) in [6, 6.07) is 4.73. The second-order valence-corrected chi connectivity index (χ2v) is 3.51. The molecule has 0 saturated carbocycles. The third-order valence-electron chi connectivity index (χ3n) is 2.21. The summed E-state index contributed by atoms with van der Waals surface area (Å²) >= 11 is 0. The van der Waals surface area contributed by atoms with Crippen molar-refractivity contribution in [2.75, 3.05) is 7.05 Å². The second kappa shape index (κ2) is 5.75. The Morgan fingerprint density at radius 2 is 2.18 bits per heavy atom. The topological polar surface area (TPSA) is 51.0 Å². The van der Waals surface area contributed by atoms with Crippen LogP contribution in [0.4, 0.5) is 4.39 Å². The molecule has 1 heterocycles. The molecule has 0 aliphatic rings. The predicted molar refractivity (Wildman–Crippen MR) is 64.4 cm³/mol. The Morgan fingerprint density at radius 3 is 2.82 bits per heavy atom. The average molecular weight is 258 g/mol. The molecule has 1 aromatic carbocycles. The minimum absolute atomic E-state index is 0. The zero-order valence-electron chi connectivity index (χ0n) is 9.53. The van der Waals surface area contributed by atoms with Gasteiger partial charge in [-0.05, 0) is 37.7 Å². The van der Waals surface area contributed by atoms with Gasteiger partial charge in [0.25, 0.3) is 0 Å². The van der Waals surface area contributed by atoms with Gasteiger partial charge in [-0.1, -0.05) is 5.16 Å². The van der Waals surface area contributed by atoms with Crippen LogP contribution in [0.1, 0.15) is 11.5 Å². The van der Waals surface area contributed by atoms with Crippen molar-refractivity contribution in [2.24, 2.45) is 0 Å². The van der Waals surface area contributed by atoms with E-state index in [1.54, 1.807) is 26.1 Å². The van der Waals surface area contributed by atoms with Crippen molar-refractivity contribution in [3.8, 4) is 11.4 Å². The van der Waals surface area contributed by atoms with Crippen molar-refractivity contribution in [3.63, 3.8) is 0 Å². The number of nitrogens with zero attached hydrogens (tertiary/aromatic N) is 2. The lowest BCUT2D eigenvalue weighted by Crippen LogP contribution is -2.04. The summed E-state index contributed by atoms with van der Waals surface area (Å²) in [5.74, 6) is 0.760. The molecule has 0 amide bonds. The highest BCUT2D eigenvalue weighted by molar-refractivity contribution is 5.85. The van der Waals surface area contributed by atoms with Gasteiger partial charge in [-0.15, -0.1) is 12.4 Å². The van der Waals surface area contributed by atoms with Gasteiger partial charge >= 0.3 is 0 Å². The molecule has 0 bridgehead atoms. The van der Waals surface area contributed by atoms with Crippen molar-refractivity contribution in [2.45, 2.75) is 13.5 Å². The number of nitrogens with one attached hydrogen (secondary N) is 1. The van der Waals surface area contributed by atoms with Crippen LogP contribution in [0, 0.1) is 12.7 Å². The normalized spacial score (nSPS) is 10.1. The fourth-order valence-corrected chi connectivity index (χ4v) is 1.38. The third-order valence-corrected chi connectivity index (χ3v) is 2.21. The highest BCUT2D eigenvalue weighted by Gasteiger charge is 2.09. The lowest BCUT2D eigenvalue weighted by molar-refractivity contribution is 0.372. The molecular formula is C11H13ClFN3O. The number of rotatable bonds is 3. The van der Waals surface area contributed by atoms with Gasteiger partial charge in [0.1, 0.15) is 5.82 Å². The molecule has 0 fully saturated rings. The molecule has 2 rings (SSSR count). The van der Waals surface area contributed by atoms with E-state index < -0.39 is 0 Å². The van der Waals surface area contributed by atoms with Crippen molar-refractivity contribution in [3.05, 3.63) is 35.5 Å². The van der Waals surface area contributed by atoms with Gasteiger partial charge in [0.2, 0.25) is 11.7 Å². The standard InChI is InChI=1S/C11H12FN3O.ClH/c1-7-5-8(3-4-9(7)12)11-14-10(6-13-2)16-15-11;/h3-5,13H,6H2,1-2H3;1H. The molecule has 2 aromatic rings. The summed E-state index contributed by atoms with van der Waals surface area (Å²) in [7, 11) is 1.80. The molecular weight excluding hydrogens is 245 g/mol. The smallest absolute Gasteiger partial charge is 0.240 e. The van der Waals surface area contributed by atoms with E-state index in [1.807, 2.05) is 0 Å². The molecule has 0 saturated heterocycles. The van der Waals surface area contributed by atoms with Gasteiger partial charge in [0, 0.05) is 5.56 Å². The number of halogens is 2. The lowest BCUT2D eigenvalue weighted by Gasteiger charge is -1.97. The first-order valence-corrected chi connectivity index (χ1v) is 4.94. The largest absolute Gasteiger partial charge is 0.338 e. The van der Waals surface area contributed by atoms with E-state index in [4.69, 9.17) is 4.52 Å². The van der Waals surface area contributed by atoms with E-state index in [0.717, 1.165) is 5.56 Å². The molecule has 0 atom stereocenters. The number of hydrogen-bond acceptors (Lipinski definition) is 4. The zero-order chi connectivity index (χ0) is 11.5. The minimum atomic E-state index is -0.234. The van der Waals surface area contributed by atoms with Crippen LogP contribution in [0.15, 0.2) is 22.7 Å². The van der Waals surface area contributed by atoms with Crippen LogP contribution in [0.2, 0.25) is 0 Å². The quantitative estimate of drug-likeness (QED) is 0.917. The first kappa shape index (κ1) is 13.6. The lowest BCUT2D eigenvalue weighted by atomic mass is 10.1. The molecule has 6 heteroatoms. The zero-order valence-corrected chi connectivity index (χ0v) is 10.3. The Hall–Kier alpha value is -1.46. The Kier molecular flexibility index (Phi) is 4.60. The summed E-state index contributed by atoms with van der Waals surface area (Å²) in [5, 5.41) is 6.74. The predicted octanol–water partition coefficient (Wildman–Crippen LogP) is 2.33. The number of benzene rings is 1. The maximum Gasteiger partial charge on any atom is 0.240 e. The van der Waals surface area contributed by atoms with Crippen LogP contribution in [-0.2, 0) is 6.54 Å². The van der Waals surface area contributed by atoms with Gasteiger partial charge in [-0.25, -0.2) is 4.39 Å². The minimum Gasteiger partial charge on any atom is -0.338 e. The Morgan fingerprint density at radius 1 is 1.41 bits per heavy atom. The molecule has 0 aliphatic heterocycles. The first-order chi connectivity index (χ1) is 7.70. The molecule has 0 aliphatic carbocycles. The van der Waals surface area contributed by atoms with Crippen molar-refractivity contribution in [1.82, 2.24) is 15.5 Å². The molecule has 92 valence electrons. The summed E-state index contributed by atoms with van der Waals surface area (Å²) < 4.78 is 18.1. The van der Waals surface area contributed by atoms with Gasteiger partial charge in [0.05, 0.1) is 6.54 Å². The van der Waals surface area contributed by atoms with Crippen LogP contribution in [0.3, 0.4) is 0 Å². The summed E-state index contributed by atoms with van der Waals surface area (Å²) in [6.45, 7) is 2.22. The van der Waals surface area contributed by atoms with Crippen molar-refractivity contribution in [1.29, 1.82) is 0 Å². The molecule has 4 nitrogen and oxygen atoms in total. The van der Waals surface area contributed by atoms with Gasteiger partial charge in [-0.2, -0.15) is 4.98 Å². The van der Waals surface area contributed by atoms with Crippen LogP contribution in [0.25, 0.3) is 11.4 Å². The number of hydrogen-bond donors (Lipinski definition) is 1. The molecule has 0 spiro atoms. The van der Waals surface area contributed by atoms with Crippen LogP contribution in [-0.4, -0.2) is 17.2 Å². The Balaban J connectivity index is 0.00000144. The third kappa shape index (κ3) is 3.01. The van der Waals surface area contributed by atoms with E-state index in [0.29, 0.717) is 23.8 Å². The highest BCUT2D eigenvalue weighted by atomic mass is 35.5. The second-order valence-electron chi connectivity index (χ2n) is 3.51. The van der Waals surface area contributed by atoms with Gasteiger partial charge in [0.15, 0.2) is 0 Å². The van der Waals surface area contributed by atoms with E-state index in [9.17, 15) is 4.39 Å². The highest BCUT2D eigenvalue weighted by Crippen LogP contribution is 2.18. The van der Waals surface area contributed by atoms with Crippen molar-refractivity contribution < 1.29 is 8.91 Å². The van der Waals surface area contributed by atoms with Gasteiger partial charge < -0.3 is 9.84 Å². The fourth-order valence-electron chi connectivity index (χ4n) is 1.38. The summed E-state index contributed by atoms with van der Waals surface area (Å²) in [5.41, 5.74) is 1.32. The monoisotopic (exact) mass is 257 g/mol. The molecule has 1 N–H and O–H groups in total. The van der Waals surface area contributed by atoms with Crippen LogP contribution >= 0.6 is 12.4 Å². The molecule has 17 heavy (non-hydrogen) atoms. The Labute approximate surface area is 105 Å². The summed E-state index contributed by atoms with van der Waals surface area (Å²) in [6.07, 6.45) is 0. The van der Waals surface area contributed by atoms with Crippen LogP contribution in [0.5, 0.6) is 0 Å². The fraction of sp³-hybridized carbons (Fsp3) is 0.273. The van der Waals surface area contributed by atoms with E-state index in [-0.39, 0.29) is 18.2 Å². The average Bonchev–Trinajstić information content (AvgIpc) is 2.71. The number of aromatic nitrogens is 2. The summed E-state index contributed by atoms with van der Waals surface area (Å²) in [4.78, 5) is 4.18. The maximum atomic E-state index is 13.1. The first-order valence-electron chi connectivity index (χ1n) is 4.94. The SMILES string of the molecule is CNCc1nc(-c2ccc(F)c(C)c2)no1.Cl. The molecule has 1 aromatic heterocycles. The molecule has 0 radical (unpaired) electrons. The molecule has 0 unspecified atom stereocenters.